The topological polar surface area (TPSA) is 174 Å². The van der Waals surface area contributed by atoms with Crippen molar-refractivity contribution in [3.05, 3.63) is 69.8 Å². The van der Waals surface area contributed by atoms with Gasteiger partial charge in [0.05, 0.1) is 11.2 Å². The monoisotopic (exact) mass is 696 g/mol. The molecule has 12 nitrogen and oxygen atoms in total. The standard InChI is InChI=1S/C26H29FN4O8P2.3C2H6/c27-20-11-18-21(12-22(20)30-9-7-28-8-10-30)31(17-5-6-17)13-19(24(18)33)25(34)39-14-23(32)29-16-3-1-15(2-4-16)26(40(35)36)41(37)38;3*1-2/h1-4,11-13,17,26,28,35-38H,5-10,14H2,(H,29,32);3*1-2H3. The predicted molar refractivity (Wildman–Crippen MR) is 186 cm³/mol. The van der Waals surface area contributed by atoms with Crippen LogP contribution in [0.15, 0.2) is 47.4 Å². The van der Waals surface area contributed by atoms with E-state index in [1.807, 2.05) is 51.0 Å². The Labute approximate surface area is 277 Å². The fourth-order valence-electron chi connectivity index (χ4n) is 4.81. The lowest BCUT2D eigenvalue weighted by Crippen LogP contribution is -2.43. The van der Waals surface area contributed by atoms with Gasteiger partial charge in [-0.05, 0) is 42.7 Å². The van der Waals surface area contributed by atoms with Crippen molar-refractivity contribution >= 4 is 50.9 Å². The van der Waals surface area contributed by atoms with Gasteiger partial charge in [-0.15, -0.1) is 0 Å². The minimum absolute atomic E-state index is 0.0643. The van der Waals surface area contributed by atoms with Gasteiger partial charge in [-0.1, -0.05) is 53.7 Å². The van der Waals surface area contributed by atoms with Crippen molar-refractivity contribution in [1.82, 2.24) is 9.88 Å². The Morgan fingerprint density at radius 1 is 0.979 bits per heavy atom. The predicted octanol–water partition coefficient (Wildman–Crippen LogP) is 5.35. The highest BCUT2D eigenvalue weighted by Crippen LogP contribution is 2.60. The molecule has 15 heteroatoms. The molecule has 1 aliphatic carbocycles. The molecule has 2 aromatic carbocycles. The van der Waals surface area contributed by atoms with Gasteiger partial charge in [-0.2, -0.15) is 0 Å². The van der Waals surface area contributed by atoms with Crippen LogP contribution in [0.1, 0.15) is 81.7 Å². The maximum absolute atomic E-state index is 15.1. The van der Waals surface area contributed by atoms with Gasteiger partial charge in [-0.3, -0.25) is 9.59 Å². The van der Waals surface area contributed by atoms with Gasteiger partial charge < -0.3 is 44.4 Å². The van der Waals surface area contributed by atoms with E-state index >= 15 is 4.39 Å². The van der Waals surface area contributed by atoms with Crippen molar-refractivity contribution in [2.45, 2.75) is 65.8 Å². The smallest absolute Gasteiger partial charge is 0.344 e. The van der Waals surface area contributed by atoms with Crippen LogP contribution in [0.2, 0.25) is 0 Å². The fraction of sp³-hybridized carbons (Fsp3) is 0.469. The Hall–Kier alpha value is -3.02. The Kier molecular flexibility index (Phi) is 16.8. The second kappa shape index (κ2) is 19.7. The number of benzene rings is 2. The Bertz CT molecular complexity index is 1500. The maximum atomic E-state index is 15.1. The lowest BCUT2D eigenvalue weighted by atomic mass is 10.1. The summed E-state index contributed by atoms with van der Waals surface area (Å²) in [6, 6.07) is 8.53. The van der Waals surface area contributed by atoms with E-state index in [0.717, 1.165) is 25.9 Å². The SMILES string of the molecule is CC.CC.CC.O=C(COC(=O)c1cn(C2CC2)c2cc(N3CCNCC3)c(F)cc2c1=O)Nc1ccc(C(P(O)O)P(O)O)cc1. The number of pyridine rings is 1. The summed E-state index contributed by atoms with van der Waals surface area (Å²) >= 11 is 0. The molecule has 1 amide bonds. The van der Waals surface area contributed by atoms with E-state index in [2.05, 4.69) is 10.6 Å². The largest absolute Gasteiger partial charge is 0.452 e. The highest BCUT2D eigenvalue weighted by Gasteiger charge is 2.30. The molecular formula is C32H47FN4O8P2. The molecule has 5 rings (SSSR count). The number of nitrogens with zero attached hydrogens (tertiary/aromatic N) is 2. The first kappa shape index (κ1) is 40.2. The molecule has 0 atom stereocenters. The third kappa shape index (κ3) is 10.5. The van der Waals surface area contributed by atoms with Crippen LogP contribution in [-0.4, -0.2) is 68.8 Å². The zero-order valence-electron chi connectivity index (χ0n) is 27.7. The number of aromatic nitrogens is 1. The molecule has 0 bridgehead atoms. The summed E-state index contributed by atoms with van der Waals surface area (Å²) in [5, 5.41) is 4.55. The number of esters is 1. The van der Waals surface area contributed by atoms with Gasteiger partial charge in [0.15, 0.2) is 23.4 Å². The number of nitrogens with one attached hydrogen (secondary N) is 2. The summed E-state index contributed by atoms with van der Waals surface area (Å²) < 4.78 is 22.1. The highest BCUT2D eigenvalue weighted by molar-refractivity contribution is 7.63. The van der Waals surface area contributed by atoms with Crippen LogP contribution < -0.4 is 21.0 Å². The summed E-state index contributed by atoms with van der Waals surface area (Å²) in [6.45, 7) is 14.0. The Morgan fingerprint density at radius 2 is 1.55 bits per heavy atom. The number of rotatable bonds is 9. The van der Waals surface area contributed by atoms with Crippen LogP contribution >= 0.6 is 16.8 Å². The van der Waals surface area contributed by atoms with Crippen molar-refractivity contribution in [2.75, 3.05) is 43.0 Å². The minimum Gasteiger partial charge on any atom is -0.452 e. The van der Waals surface area contributed by atoms with E-state index in [9.17, 15) is 34.0 Å². The zero-order chi connectivity index (χ0) is 35.3. The zero-order valence-corrected chi connectivity index (χ0v) is 29.5. The van der Waals surface area contributed by atoms with Gasteiger partial charge in [0.2, 0.25) is 5.43 Å². The second-order valence-electron chi connectivity index (χ2n) is 9.83. The molecule has 3 aromatic rings. The number of amides is 1. The Morgan fingerprint density at radius 3 is 2.09 bits per heavy atom. The molecule has 1 saturated heterocycles. The van der Waals surface area contributed by atoms with Crippen LogP contribution in [0, 0.1) is 5.82 Å². The molecule has 2 heterocycles. The normalized spacial score (nSPS) is 14.0. The average molecular weight is 697 g/mol. The third-order valence-corrected chi connectivity index (χ3v) is 9.69. The number of hydrogen-bond acceptors (Lipinski definition) is 10. The number of halogens is 1. The number of piperazine rings is 1. The number of fused-ring (bicyclic) bond motifs is 1. The molecular weight excluding hydrogens is 649 g/mol. The van der Waals surface area contributed by atoms with E-state index in [4.69, 9.17) is 4.74 Å². The first-order valence-electron chi connectivity index (χ1n) is 15.9. The number of hydrogen-bond donors (Lipinski definition) is 6. The van der Waals surface area contributed by atoms with E-state index in [1.54, 1.807) is 6.07 Å². The molecule has 1 aromatic heterocycles. The molecule has 2 fully saturated rings. The molecule has 260 valence electrons. The van der Waals surface area contributed by atoms with Crippen LogP contribution in [0.25, 0.3) is 10.9 Å². The third-order valence-electron chi connectivity index (χ3n) is 6.98. The number of carbonyl (C=O) groups is 2. The first-order chi connectivity index (χ1) is 22.6. The van der Waals surface area contributed by atoms with Gasteiger partial charge in [0.25, 0.3) is 5.91 Å². The van der Waals surface area contributed by atoms with Crippen LogP contribution in [-0.2, 0) is 9.53 Å². The summed E-state index contributed by atoms with van der Waals surface area (Å²) in [5.41, 5.74) is 0.519. The van der Waals surface area contributed by atoms with E-state index in [1.165, 1.54) is 36.5 Å². The fourth-order valence-corrected chi connectivity index (χ4v) is 6.43. The summed E-state index contributed by atoms with van der Waals surface area (Å²) in [5.74, 6) is -2.26. The molecule has 0 radical (unpaired) electrons. The molecule has 1 saturated carbocycles. The van der Waals surface area contributed by atoms with Crippen LogP contribution in [0.4, 0.5) is 15.8 Å². The maximum Gasteiger partial charge on any atom is 0.344 e. The molecule has 0 spiro atoms. The van der Waals surface area contributed by atoms with Gasteiger partial charge >= 0.3 is 5.97 Å². The van der Waals surface area contributed by atoms with Crippen molar-refractivity contribution in [3.63, 3.8) is 0 Å². The number of ether oxygens (including phenoxy) is 1. The van der Waals surface area contributed by atoms with Crippen molar-refractivity contribution in [1.29, 1.82) is 0 Å². The van der Waals surface area contributed by atoms with Crippen LogP contribution in [0.3, 0.4) is 0 Å². The molecule has 47 heavy (non-hydrogen) atoms. The van der Waals surface area contributed by atoms with Gasteiger partial charge in [-0.25, -0.2) is 9.18 Å². The molecule has 6 N–H and O–H groups in total. The lowest BCUT2D eigenvalue weighted by molar-refractivity contribution is -0.119. The van der Waals surface area contributed by atoms with Gasteiger partial charge in [0, 0.05) is 49.5 Å². The summed E-state index contributed by atoms with van der Waals surface area (Å²) in [6.07, 6.45) is 3.13. The van der Waals surface area contributed by atoms with Gasteiger partial charge in [0.1, 0.15) is 16.8 Å². The van der Waals surface area contributed by atoms with Crippen molar-refractivity contribution in [2.24, 2.45) is 0 Å². The molecule has 0 unspecified atom stereocenters. The van der Waals surface area contributed by atoms with Crippen LogP contribution in [0.5, 0.6) is 0 Å². The van der Waals surface area contributed by atoms with E-state index in [-0.39, 0.29) is 28.2 Å². The minimum atomic E-state index is -2.63. The summed E-state index contributed by atoms with van der Waals surface area (Å²) in [4.78, 5) is 78.2. The molecule has 2 aliphatic rings. The summed E-state index contributed by atoms with van der Waals surface area (Å²) in [7, 11) is -5.27. The molecule has 1 aliphatic heterocycles. The quantitative estimate of drug-likeness (QED) is 0.127. The number of anilines is 2. The highest BCUT2D eigenvalue weighted by atomic mass is 31.2. The average Bonchev–Trinajstić information content (AvgIpc) is 3.93. The number of carbonyl (C=O) groups excluding carboxylic acids is 2. The van der Waals surface area contributed by atoms with E-state index in [0.29, 0.717) is 24.3 Å². The first-order valence-corrected chi connectivity index (χ1v) is 18.5. The van der Waals surface area contributed by atoms with Crippen molar-refractivity contribution in [3.8, 4) is 0 Å². The van der Waals surface area contributed by atoms with E-state index < -0.39 is 51.9 Å². The lowest BCUT2D eigenvalue weighted by Gasteiger charge is -2.30. The van der Waals surface area contributed by atoms with Crippen molar-refractivity contribution < 1.29 is 38.3 Å². The Balaban J connectivity index is 0.00000121. The second-order valence-corrected chi connectivity index (χ2v) is 12.6.